The van der Waals surface area contributed by atoms with Crippen molar-refractivity contribution in [1.82, 2.24) is 5.32 Å². The van der Waals surface area contributed by atoms with E-state index in [-0.39, 0.29) is 16.8 Å². The highest BCUT2D eigenvalue weighted by molar-refractivity contribution is 7.92. The first-order valence-corrected chi connectivity index (χ1v) is 12.0. The number of amides is 1. The van der Waals surface area contributed by atoms with Crippen molar-refractivity contribution >= 4 is 44.8 Å². The summed E-state index contributed by atoms with van der Waals surface area (Å²) in [7, 11) is -3.78. The molecule has 2 aromatic carbocycles. The first kappa shape index (κ1) is 21.9. The van der Waals surface area contributed by atoms with Gasteiger partial charge in [0, 0.05) is 5.02 Å². The van der Waals surface area contributed by atoms with E-state index < -0.39 is 22.0 Å². The van der Waals surface area contributed by atoms with E-state index >= 15 is 0 Å². The molecule has 0 unspecified atom stereocenters. The number of nitrogens with one attached hydrogen (secondary N) is 1. The highest BCUT2D eigenvalue weighted by Gasteiger charge is 2.31. The highest BCUT2D eigenvalue weighted by atomic mass is 35.5. The molecule has 0 radical (unpaired) electrons. The van der Waals surface area contributed by atoms with E-state index in [2.05, 4.69) is 17.4 Å². The van der Waals surface area contributed by atoms with E-state index in [0.29, 0.717) is 5.02 Å². The minimum atomic E-state index is -3.78. The lowest BCUT2D eigenvalue weighted by Gasteiger charge is -2.30. The summed E-state index contributed by atoms with van der Waals surface area (Å²) in [6.45, 7) is 3.42. The number of anilines is 1. The Hall–Kier alpha value is -1.76. The maximum Gasteiger partial charge on any atom is 0.244 e. The zero-order chi connectivity index (χ0) is 21.3. The smallest absolute Gasteiger partial charge is 0.244 e. The minimum absolute atomic E-state index is 0.175. The summed E-state index contributed by atoms with van der Waals surface area (Å²) in [6, 6.07) is 9.51. The molecule has 0 saturated carbocycles. The Bertz CT molecular complexity index is 1040. The molecule has 1 amide bonds. The quantitative estimate of drug-likeness (QED) is 0.697. The highest BCUT2D eigenvalue weighted by Crippen LogP contribution is 2.32. The molecule has 0 spiro atoms. The SMILES string of the molecule is C[C@H](NC(=O)[C@@H](C)N(c1cc(Cl)ccc1Cl)S(C)(=O)=O)c1ccc2c(c1)CCC2. The predicted molar refractivity (Wildman–Crippen MR) is 118 cm³/mol. The van der Waals surface area contributed by atoms with Crippen LogP contribution in [-0.4, -0.2) is 26.6 Å². The number of aryl methyl sites for hydroxylation is 2. The summed E-state index contributed by atoms with van der Waals surface area (Å²) in [4.78, 5) is 12.9. The van der Waals surface area contributed by atoms with Crippen LogP contribution in [0.25, 0.3) is 0 Å². The molecule has 0 bridgehead atoms. The number of sulfonamides is 1. The standard InChI is InChI=1S/C21H24Cl2N2O3S/c1-13(16-8-7-15-5-4-6-17(15)11-16)24-21(26)14(2)25(29(3,27)28)20-12-18(22)9-10-19(20)23/h7-14H,4-6H2,1-3H3,(H,24,26)/t13-,14+/m0/s1. The largest absolute Gasteiger partial charge is 0.348 e. The van der Waals surface area contributed by atoms with Gasteiger partial charge in [0.25, 0.3) is 0 Å². The molecule has 8 heteroatoms. The van der Waals surface area contributed by atoms with Gasteiger partial charge in [-0.1, -0.05) is 41.4 Å². The molecule has 0 aliphatic heterocycles. The summed E-state index contributed by atoms with van der Waals surface area (Å²) >= 11 is 12.2. The van der Waals surface area contributed by atoms with Crippen LogP contribution in [0.15, 0.2) is 36.4 Å². The summed E-state index contributed by atoms with van der Waals surface area (Å²) in [6.07, 6.45) is 4.34. The maximum atomic E-state index is 12.9. The van der Waals surface area contributed by atoms with Gasteiger partial charge in [-0.2, -0.15) is 0 Å². The van der Waals surface area contributed by atoms with Crippen molar-refractivity contribution in [1.29, 1.82) is 0 Å². The van der Waals surface area contributed by atoms with E-state index in [0.717, 1.165) is 35.4 Å². The second kappa shape index (κ2) is 8.54. The molecular formula is C21H24Cl2N2O3S. The van der Waals surface area contributed by atoms with Crippen LogP contribution in [-0.2, 0) is 27.7 Å². The van der Waals surface area contributed by atoms with E-state index in [1.54, 1.807) is 6.07 Å². The fourth-order valence-corrected chi connectivity index (χ4v) is 5.32. The number of halogens is 2. The van der Waals surface area contributed by atoms with E-state index in [1.807, 2.05) is 13.0 Å². The Labute approximate surface area is 182 Å². The molecule has 0 fully saturated rings. The van der Waals surface area contributed by atoms with Crippen molar-refractivity contribution in [3.63, 3.8) is 0 Å². The van der Waals surface area contributed by atoms with Crippen LogP contribution in [0.3, 0.4) is 0 Å². The van der Waals surface area contributed by atoms with Crippen LogP contribution in [0, 0.1) is 0 Å². The van der Waals surface area contributed by atoms with Gasteiger partial charge in [0.2, 0.25) is 15.9 Å². The van der Waals surface area contributed by atoms with Gasteiger partial charge >= 0.3 is 0 Å². The van der Waals surface area contributed by atoms with E-state index in [9.17, 15) is 13.2 Å². The average molecular weight is 455 g/mol. The van der Waals surface area contributed by atoms with Crippen LogP contribution in [0.1, 0.15) is 43.0 Å². The maximum absolute atomic E-state index is 12.9. The number of hydrogen-bond donors (Lipinski definition) is 1. The average Bonchev–Trinajstić information content (AvgIpc) is 3.11. The lowest BCUT2D eigenvalue weighted by molar-refractivity contribution is -0.122. The van der Waals surface area contributed by atoms with Gasteiger partial charge in [-0.25, -0.2) is 8.42 Å². The van der Waals surface area contributed by atoms with Crippen LogP contribution < -0.4 is 9.62 Å². The van der Waals surface area contributed by atoms with Gasteiger partial charge in [-0.3, -0.25) is 9.10 Å². The summed E-state index contributed by atoms with van der Waals surface area (Å²) < 4.78 is 25.9. The molecule has 3 rings (SSSR count). The summed E-state index contributed by atoms with van der Waals surface area (Å²) in [5.41, 5.74) is 3.85. The number of rotatable bonds is 6. The normalized spacial score (nSPS) is 15.5. The molecule has 1 aliphatic carbocycles. The second-order valence-corrected chi connectivity index (χ2v) is 10.1. The zero-order valence-corrected chi connectivity index (χ0v) is 18.9. The Kier molecular flexibility index (Phi) is 6.46. The summed E-state index contributed by atoms with van der Waals surface area (Å²) in [5, 5.41) is 3.45. The van der Waals surface area contributed by atoms with Crippen molar-refractivity contribution < 1.29 is 13.2 Å². The molecule has 0 aromatic heterocycles. The topological polar surface area (TPSA) is 66.5 Å². The predicted octanol–water partition coefficient (Wildman–Crippen LogP) is 4.51. The first-order valence-electron chi connectivity index (χ1n) is 9.44. The number of carbonyl (C=O) groups excluding carboxylic acids is 1. The van der Waals surface area contributed by atoms with Crippen molar-refractivity contribution in [2.75, 3.05) is 10.6 Å². The van der Waals surface area contributed by atoms with Crippen LogP contribution in [0.2, 0.25) is 10.0 Å². The second-order valence-electron chi connectivity index (χ2n) is 7.44. The molecule has 5 nitrogen and oxygen atoms in total. The van der Waals surface area contributed by atoms with Crippen LogP contribution in [0.4, 0.5) is 5.69 Å². The molecule has 156 valence electrons. The lowest BCUT2D eigenvalue weighted by Crippen LogP contribution is -2.48. The molecule has 2 aromatic rings. The Morgan fingerprint density at radius 1 is 1.07 bits per heavy atom. The molecule has 0 heterocycles. The molecule has 2 atom stereocenters. The van der Waals surface area contributed by atoms with Gasteiger partial charge in [0.05, 0.1) is 23.0 Å². The Morgan fingerprint density at radius 2 is 1.76 bits per heavy atom. The third kappa shape index (κ3) is 4.87. The number of fused-ring (bicyclic) bond motifs is 1. The minimum Gasteiger partial charge on any atom is -0.348 e. The van der Waals surface area contributed by atoms with Crippen molar-refractivity contribution in [3.05, 3.63) is 63.1 Å². The monoisotopic (exact) mass is 454 g/mol. The van der Waals surface area contributed by atoms with E-state index in [4.69, 9.17) is 23.2 Å². The number of carbonyl (C=O) groups is 1. The van der Waals surface area contributed by atoms with Crippen LogP contribution >= 0.6 is 23.2 Å². The summed E-state index contributed by atoms with van der Waals surface area (Å²) in [5.74, 6) is -0.417. The molecule has 1 aliphatic rings. The lowest BCUT2D eigenvalue weighted by atomic mass is 10.0. The Balaban J connectivity index is 1.83. The van der Waals surface area contributed by atoms with Gasteiger partial charge in [-0.05, 0) is 68.0 Å². The zero-order valence-electron chi connectivity index (χ0n) is 16.6. The van der Waals surface area contributed by atoms with Crippen molar-refractivity contribution in [2.24, 2.45) is 0 Å². The third-order valence-electron chi connectivity index (χ3n) is 5.22. The van der Waals surface area contributed by atoms with E-state index in [1.165, 1.54) is 30.2 Å². The van der Waals surface area contributed by atoms with Gasteiger partial charge < -0.3 is 5.32 Å². The third-order valence-corrected chi connectivity index (χ3v) is 7.00. The fourth-order valence-electron chi connectivity index (χ4n) is 3.71. The molecule has 1 N–H and O–H groups in total. The molecule has 0 saturated heterocycles. The fraction of sp³-hybridized carbons (Fsp3) is 0.381. The number of nitrogens with zero attached hydrogens (tertiary/aromatic N) is 1. The number of hydrogen-bond acceptors (Lipinski definition) is 3. The van der Waals surface area contributed by atoms with Gasteiger partial charge in [0.1, 0.15) is 6.04 Å². The van der Waals surface area contributed by atoms with Crippen LogP contribution in [0.5, 0.6) is 0 Å². The van der Waals surface area contributed by atoms with Crippen molar-refractivity contribution in [2.45, 2.75) is 45.2 Å². The van der Waals surface area contributed by atoms with Gasteiger partial charge in [-0.15, -0.1) is 0 Å². The van der Waals surface area contributed by atoms with Crippen molar-refractivity contribution in [3.8, 4) is 0 Å². The number of benzene rings is 2. The molecule has 29 heavy (non-hydrogen) atoms. The first-order chi connectivity index (χ1) is 13.6. The van der Waals surface area contributed by atoms with Gasteiger partial charge in [0.15, 0.2) is 0 Å². The molecular weight excluding hydrogens is 431 g/mol. The Morgan fingerprint density at radius 3 is 2.45 bits per heavy atom.